The Morgan fingerprint density at radius 3 is 2.08 bits per heavy atom. The monoisotopic (exact) mass is 342 g/mol. The molecule has 2 rings (SSSR count). The lowest BCUT2D eigenvalue weighted by Gasteiger charge is -2.20. The lowest BCUT2D eigenvalue weighted by atomic mass is 10.1. The van der Waals surface area contributed by atoms with Crippen LogP contribution >= 0.6 is 0 Å². The third-order valence-corrected chi connectivity index (χ3v) is 4.41. The van der Waals surface area contributed by atoms with Gasteiger partial charge in [-0.3, -0.25) is 19.3 Å². The predicted octanol–water partition coefficient (Wildman–Crippen LogP) is -0.399. The van der Waals surface area contributed by atoms with Crippen LogP contribution in [-0.4, -0.2) is 78.4 Å². The van der Waals surface area contributed by atoms with E-state index in [0.717, 1.165) is 0 Å². The molecule has 2 aliphatic heterocycles. The number of carbonyl (C=O) groups is 3. The van der Waals surface area contributed by atoms with Crippen molar-refractivity contribution >= 4 is 17.7 Å². The molecule has 0 aromatic carbocycles. The largest absolute Gasteiger partial charge is 0.377 e. The Morgan fingerprint density at radius 1 is 0.958 bits per heavy atom. The van der Waals surface area contributed by atoms with Crippen LogP contribution in [0, 0.1) is 11.8 Å². The van der Waals surface area contributed by atoms with Crippen molar-refractivity contribution < 1.29 is 29.0 Å². The number of likely N-dealkylation sites (tertiary alicyclic amines) is 2. The van der Waals surface area contributed by atoms with E-state index in [4.69, 9.17) is 9.47 Å². The molecule has 2 saturated heterocycles. The van der Waals surface area contributed by atoms with Crippen molar-refractivity contribution in [3.63, 3.8) is 0 Å². The van der Waals surface area contributed by atoms with Gasteiger partial charge in [0.2, 0.25) is 17.7 Å². The Labute approximate surface area is 141 Å². The molecule has 3 amide bonds. The minimum Gasteiger partial charge on any atom is -0.377 e. The molecular weight excluding hydrogens is 316 g/mol. The van der Waals surface area contributed by atoms with Crippen LogP contribution in [0.5, 0.6) is 0 Å². The van der Waals surface area contributed by atoms with Gasteiger partial charge in [0.15, 0.2) is 0 Å². The van der Waals surface area contributed by atoms with E-state index in [2.05, 4.69) is 0 Å². The van der Waals surface area contributed by atoms with Gasteiger partial charge >= 0.3 is 0 Å². The van der Waals surface area contributed by atoms with Crippen molar-refractivity contribution in [2.75, 3.05) is 39.5 Å². The van der Waals surface area contributed by atoms with Gasteiger partial charge < -0.3 is 19.5 Å². The van der Waals surface area contributed by atoms with Crippen molar-refractivity contribution in [3.8, 4) is 0 Å². The molecular formula is C16H26N2O6. The second-order valence-electron chi connectivity index (χ2n) is 6.36. The molecule has 8 heteroatoms. The van der Waals surface area contributed by atoms with Gasteiger partial charge in [0.25, 0.3) is 0 Å². The molecule has 0 radical (unpaired) electrons. The van der Waals surface area contributed by atoms with Gasteiger partial charge in [0, 0.05) is 31.2 Å². The minimum absolute atomic E-state index is 0.0449. The van der Waals surface area contributed by atoms with Crippen molar-refractivity contribution in [1.82, 2.24) is 9.80 Å². The average Bonchev–Trinajstić information content (AvgIpc) is 2.91. The fourth-order valence-electron chi connectivity index (χ4n) is 2.96. The maximum Gasteiger partial charge on any atom is 0.232 e. The van der Waals surface area contributed by atoms with E-state index < -0.39 is 6.23 Å². The van der Waals surface area contributed by atoms with E-state index in [1.807, 2.05) is 0 Å². The van der Waals surface area contributed by atoms with Crippen LogP contribution < -0.4 is 0 Å². The molecule has 3 unspecified atom stereocenters. The topological polar surface area (TPSA) is 96.4 Å². The summed E-state index contributed by atoms with van der Waals surface area (Å²) in [6, 6.07) is 0. The number of nitrogens with zero attached hydrogens (tertiary/aromatic N) is 2. The van der Waals surface area contributed by atoms with Crippen LogP contribution in [0.15, 0.2) is 0 Å². The van der Waals surface area contributed by atoms with Crippen molar-refractivity contribution in [2.45, 2.75) is 32.9 Å². The standard InChI is InChI=1S/C16H26N2O6/c1-11-9-13(19)17(15(11)21)3-5-23-7-8-24-6-4-18-14(20)10-12(2)16(18)22/h11-13,19H,3-10H2,1-2H3. The van der Waals surface area contributed by atoms with Crippen molar-refractivity contribution in [3.05, 3.63) is 0 Å². The van der Waals surface area contributed by atoms with Gasteiger partial charge in [0.1, 0.15) is 6.23 Å². The minimum atomic E-state index is -0.717. The first-order valence-electron chi connectivity index (χ1n) is 8.40. The average molecular weight is 342 g/mol. The first-order valence-corrected chi connectivity index (χ1v) is 8.40. The van der Waals surface area contributed by atoms with Crippen LogP contribution in [0.3, 0.4) is 0 Å². The molecule has 0 aliphatic carbocycles. The van der Waals surface area contributed by atoms with E-state index in [1.54, 1.807) is 13.8 Å². The number of rotatable bonds is 9. The number of amides is 3. The lowest BCUT2D eigenvalue weighted by molar-refractivity contribution is -0.140. The first-order chi connectivity index (χ1) is 11.4. The third kappa shape index (κ3) is 4.52. The van der Waals surface area contributed by atoms with Crippen LogP contribution in [0.1, 0.15) is 26.7 Å². The summed E-state index contributed by atoms with van der Waals surface area (Å²) in [7, 11) is 0. The quantitative estimate of drug-likeness (QED) is 0.452. The van der Waals surface area contributed by atoms with Gasteiger partial charge in [-0.05, 0) is 0 Å². The van der Waals surface area contributed by atoms with E-state index >= 15 is 0 Å². The van der Waals surface area contributed by atoms with Gasteiger partial charge in [0.05, 0.1) is 33.0 Å². The summed E-state index contributed by atoms with van der Waals surface area (Å²) >= 11 is 0. The Morgan fingerprint density at radius 2 is 1.58 bits per heavy atom. The first kappa shape index (κ1) is 18.8. The zero-order chi connectivity index (χ0) is 17.7. The Kier molecular flexibility index (Phi) is 6.70. The second kappa shape index (κ2) is 8.55. The second-order valence-corrected chi connectivity index (χ2v) is 6.36. The highest BCUT2D eigenvalue weighted by molar-refractivity contribution is 6.03. The molecule has 136 valence electrons. The zero-order valence-corrected chi connectivity index (χ0v) is 14.3. The summed E-state index contributed by atoms with van der Waals surface area (Å²) in [6.07, 6.45) is 0.0288. The van der Waals surface area contributed by atoms with Gasteiger partial charge in [-0.1, -0.05) is 13.8 Å². The number of imide groups is 1. The maximum absolute atomic E-state index is 11.7. The van der Waals surface area contributed by atoms with Gasteiger partial charge in [-0.2, -0.15) is 0 Å². The van der Waals surface area contributed by atoms with E-state index in [1.165, 1.54) is 9.80 Å². The molecule has 0 aromatic heterocycles. The zero-order valence-electron chi connectivity index (χ0n) is 14.3. The fraction of sp³-hybridized carbons (Fsp3) is 0.812. The van der Waals surface area contributed by atoms with Gasteiger partial charge in [-0.15, -0.1) is 0 Å². The molecule has 3 atom stereocenters. The Balaban J connectivity index is 1.50. The molecule has 2 aliphatic rings. The predicted molar refractivity (Wildman–Crippen MR) is 83.6 cm³/mol. The van der Waals surface area contributed by atoms with E-state index in [0.29, 0.717) is 32.8 Å². The maximum atomic E-state index is 11.7. The summed E-state index contributed by atoms with van der Waals surface area (Å²) in [5.41, 5.74) is 0. The number of aliphatic hydroxyl groups is 1. The molecule has 2 fully saturated rings. The molecule has 2 heterocycles. The highest BCUT2D eigenvalue weighted by Crippen LogP contribution is 2.21. The summed E-state index contributed by atoms with van der Waals surface area (Å²) in [5.74, 6) is -0.691. The summed E-state index contributed by atoms with van der Waals surface area (Å²) in [4.78, 5) is 37.7. The van der Waals surface area contributed by atoms with Crippen LogP contribution in [-0.2, 0) is 23.9 Å². The molecule has 0 bridgehead atoms. The van der Waals surface area contributed by atoms with Crippen LogP contribution in [0.2, 0.25) is 0 Å². The molecule has 1 N–H and O–H groups in total. The third-order valence-electron chi connectivity index (χ3n) is 4.41. The SMILES string of the molecule is CC1CC(=O)N(CCOCCOCCN2C(=O)C(C)CC2O)C1=O. The molecule has 8 nitrogen and oxygen atoms in total. The van der Waals surface area contributed by atoms with Crippen molar-refractivity contribution in [1.29, 1.82) is 0 Å². The number of aliphatic hydroxyl groups excluding tert-OH is 1. The highest BCUT2D eigenvalue weighted by Gasteiger charge is 2.35. The Bertz CT molecular complexity index is 483. The molecule has 0 aromatic rings. The lowest BCUT2D eigenvalue weighted by Crippen LogP contribution is -2.36. The normalized spacial score (nSPS) is 27.6. The van der Waals surface area contributed by atoms with Crippen LogP contribution in [0.25, 0.3) is 0 Å². The summed E-state index contributed by atoms with van der Waals surface area (Å²) in [5, 5.41) is 9.73. The number of carbonyl (C=O) groups excluding carboxylic acids is 3. The highest BCUT2D eigenvalue weighted by atomic mass is 16.5. The number of ether oxygens (including phenoxy) is 2. The molecule has 0 spiro atoms. The summed E-state index contributed by atoms with van der Waals surface area (Å²) in [6.45, 7) is 5.50. The fourth-order valence-corrected chi connectivity index (χ4v) is 2.96. The Hall–Kier alpha value is -1.51. The smallest absolute Gasteiger partial charge is 0.232 e. The van der Waals surface area contributed by atoms with E-state index in [-0.39, 0.29) is 49.1 Å². The number of hydrogen-bond donors (Lipinski definition) is 1. The van der Waals surface area contributed by atoms with E-state index in [9.17, 15) is 19.5 Å². The molecule has 0 saturated carbocycles. The molecule has 24 heavy (non-hydrogen) atoms. The van der Waals surface area contributed by atoms with Crippen LogP contribution in [0.4, 0.5) is 0 Å². The summed E-state index contributed by atoms with van der Waals surface area (Å²) < 4.78 is 10.7. The van der Waals surface area contributed by atoms with Crippen molar-refractivity contribution in [2.24, 2.45) is 11.8 Å². The number of hydrogen-bond acceptors (Lipinski definition) is 6. The van der Waals surface area contributed by atoms with Gasteiger partial charge in [-0.25, -0.2) is 0 Å².